The van der Waals surface area contributed by atoms with E-state index in [9.17, 15) is 15.0 Å². The van der Waals surface area contributed by atoms with Gasteiger partial charge in [-0.15, -0.1) is 0 Å². The van der Waals surface area contributed by atoms with E-state index in [1.54, 1.807) is 52.7 Å². The van der Waals surface area contributed by atoms with Crippen LogP contribution in [0.3, 0.4) is 0 Å². The summed E-state index contributed by atoms with van der Waals surface area (Å²) in [5, 5.41) is 29.5. The number of benzene rings is 1. The maximum atomic E-state index is 13.2. The molecule has 1 aliphatic heterocycles. The van der Waals surface area contributed by atoms with Crippen LogP contribution in [0.15, 0.2) is 24.3 Å². The lowest BCUT2D eigenvalue weighted by Gasteiger charge is -2.67. The fourth-order valence-electron chi connectivity index (χ4n) is 11.3. The quantitative estimate of drug-likeness (QED) is 0.283. The first-order valence-corrected chi connectivity index (χ1v) is 14.5. The number of ether oxygens (including phenoxy) is 5. The molecule has 5 saturated carbocycles. The highest BCUT2D eigenvalue weighted by Crippen LogP contribution is 2.79. The van der Waals surface area contributed by atoms with Gasteiger partial charge in [0.25, 0.3) is 0 Å². The number of carbonyl (C=O) groups is 1. The van der Waals surface area contributed by atoms with Crippen molar-refractivity contribution >= 4 is 11.7 Å². The van der Waals surface area contributed by atoms with E-state index in [2.05, 4.69) is 5.32 Å². The molecule has 1 spiro atoms. The summed E-state index contributed by atoms with van der Waals surface area (Å²) >= 11 is 0. The lowest BCUT2D eigenvalue weighted by Crippen LogP contribution is -2.81. The molecule has 0 radical (unpaired) electrons. The number of rotatable bonds is 7. The molecule has 7 bridgehead atoms. The second-order valence-electron chi connectivity index (χ2n) is 13.2. The summed E-state index contributed by atoms with van der Waals surface area (Å²) < 4.78 is 30.7. The number of esters is 1. The van der Waals surface area contributed by atoms with Crippen LogP contribution in [0.25, 0.3) is 0 Å². The van der Waals surface area contributed by atoms with E-state index in [0.717, 1.165) is 19.3 Å². The lowest BCUT2D eigenvalue weighted by molar-refractivity contribution is -0.301. The summed E-state index contributed by atoms with van der Waals surface area (Å²) in [7, 11) is 6.72. The molecule has 6 fully saturated rings. The number of hydrogen-bond donors (Lipinski definition) is 4. The van der Waals surface area contributed by atoms with Crippen LogP contribution in [-0.2, 0) is 23.7 Å². The van der Waals surface area contributed by atoms with Gasteiger partial charge in [0.15, 0.2) is 0 Å². The van der Waals surface area contributed by atoms with Crippen molar-refractivity contribution in [1.29, 1.82) is 0 Å². The highest BCUT2D eigenvalue weighted by Gasteiger charge is 2.90. The van der Waals surface area contributed by atoms with Crippen molar-refractivity contribution in [1.82, 2.24) is 5.32 Å². The van der Waals surface area contributed by atoms with Gasteiger partial charge < -0.3 is 44.9 Å². The summed E-state index contributed by atoms with van der Waals surface area (Å²) in [6, 6.07) is 6.44. The van der Waals surface area contributed by atoms with Crippen LogP contribution in [0.4, 0.5) is 5.69 Å². The molecule has 10 heteroatoms. The first-order valence-electron chi connectivity index (χ1n) is 14.5. The zero-order valence-corrected chi connectivity index (χ0v) is 23.7. The van der Waals surface area contributed by atoms with Crippen molar-refractivity contribution in [3.8, 4) is 0 Å². The third-order valence-corrected chi connectivity index (χ3v) is 12.4. The van der Waals surface area contributed by atoms with Crippen molar-refractivity contribution in [2.24, 2.45) is 34.5 Å². The number of carbonyl (C=O) groups excluding carboxylic acids is 1. The van der Waals surface area contributed by atoms with E-state index in [4.69, 9.17) is 29.4 Å². The highest BCUT2D eigenvalue weighted by molar-refractivity contribution is 5.95. The summed E-state index contributed by atoms with van der Waals surface area (Å²) in [5.41, 5.74) is 2.55. The molecule has 1 saturated heterocycles. The molecule has 0 amide bonds. The topological polar surface area (TPSA) is 142 Å². The summed E-state index contributed by atoms with van der Waals surface area (Å²) in [5.74, 6) is -0.918. The summed E-state index contributed by atoms with van der Waals surface area (Å²) in [6.07, 6.45) is 1.16. The number of fused-ring (bicyclic) bond motifs is 2. The smallest absolute Gasteiger partial charge is 0.340 e. The van der Waals surface area contributed by atoms with Crippen LogP contribution in [0.2, 0.25) is 0 Å². The first kappa shape index (κ1) is 27.1. The standard InChI is InChI=1S/C30H42N2O8/c1-36-19-12-28(34)21-17(11-16(19)22(21)38-3)29-20(37-2)9-10-27(14-40-25(33)15-7-5-6-8-18(15)31)13-32-26(29)30(28,35)24(39-4)23(27)29/h5-8,16-17,19-24,26,32,34-35H,9-14,31H2,1-4H3/t16-,17-,19+,20+,21-,22+,23-,24+,26+,27+,28-,29+,30-/m1/s1. The van der Waals surface area contributed by atoms with Crippen LogP contribution >= 0.6 is 0 Å². The molecule has 220 valence electrons. The molecular formula is C30H42N2O8. The molecule has 1 heterocycles. The van der Waals surface area contributed by atoms with Crippen LogP contribution in [0.5, 0.6) is 0 Å². The minimum atomic E-state index is -1.63. The predicted molar refractivity (Wildman–Crippen MR) is 143 cm³/mol. The Morgan fingerprint density at radius 1 is 1.10 bits per heavy atom. The van der Waals surface area contributed by atoms with Gasteiger partial charge in [-0.05, 0) is 37.3 Å². The van der Waals surface area contributed by atoms with E-state index in [-0.39, 0.29) is 48.6 Å². The Hall–Kier alpha value is -1.79. The van der Waals surface area contributed by atoms with Gasteiger partial charge in [-0.1, -0.05) is 12.1 Å². The zero-order valence-electron chi connectivity index (χ0n) is 23.7. The van der Waals surface area contributed by atoms with Crippen molar-refractivity contribution in [2.45, 2.75) is 67.3 Å². The molecule has 10 nitrogen and oxygen atoms in total. The normalized spacial score (nSPS) is 51.5. The van der Waals surface area contributed by atoms with Gasteiger partial charge in [-0.2, -0.15) is 0 Å². The molecular weight excluding hydrogens is 516 g/mol. The van der Waals surface area contributed by atoms with Gasteiger partial charge in [0.2, 0.25) is 0 Å². The SMILES string of the molecule is CO[C@H]1[C@@H]2C[C@@H]3[C@H]1[C@](O)(C[C@@H]2OC)[C@@]1(O)[C@@H](OC)[C@@H]2[C@@]4(COC(=O)c5ccccc5N)CC[C@H](OC)[C@@]32[C@@H]1NC4. The zero-order chi connectivity index (χ0) is 28.2. The monoisotopic (exact) mass is 558 g/mol. The van der Waals surface area contributed by atoms with Crippen LogP contribution in [0, 0.1) is 34.5 Å². The third-order valence-electron chi connectivity index (χ3n) is 12.4. The number of nitrogen functional groups attached to an aromatic ring is 1. The maximum absolute atomic E-state index is 13.2. The largest absolute Gasteiger partial charge is 0.461 e. The van der Waals surface area contributed by atoms with Gasteiger partial charge in [-0.25, -0.2) is 4.79 Å². The minimum absolute atomic E-state index is 0.0130. The number of nitrogens with two attached hydrogens (primary N) is 1. The Morgan fingerprint density at radius 2 is 1.88 bits per heavy atom. The second-order valence-corrected chi connectivity index (χ2v) is 13.2. The number of para-hydroxylation sites is 1. The van der Waals surface area contributed by atoms with Crippen LogP contribution < -0.4 is 11.1 Å². The van der Waals surface area contributed by atoms with Crippen molar-refractivity contribution in [2.75, 3.05) is 47.3 Å². The molecule has 13 atom stereocenters. The van der Waals surface area contributed by atoms with Crippen molar-refractivity contribution < 1.29 is 38.7 Å². The number of aliphatic hydroxyl groups is 2. The fraction of sp³-hybridized carbons (Fsp3) is 0.767. The maximum Gasteiger partial charge on any atom is 0.340 e. The number of nitrogens with one attached hydrogen (secondary N) is 1. The summed E-state index contributed by atoms with van der Waals surface area (Å²) in [4.78, 5) is 13.2. The van der Waals surface area contributed by atoms with Gasteiger partial charge in [0.1, 0.15) is 11.2 Å². The molecule has 40 heavy (non-hydrogen) atoms. The van der Waals surface area contributed by atoms with Gasteiger partial charge in [0.05, 0.1) is 42.6 Å². The van der Waals surface area contributed by atoms with Gasteiger partial charge in [0, 0.05) is 75.7 Å². The van der Waals surface area contributed by atoms with E-state index in [1.165, 1.54) is 0 Å². The molecule has 7 rings (SSSR count). The molecule has 1 aromatic rings. The first-order chi connectivity index (χ1) is 19.2. The van der Waals surface area contributed by atoms with Crippen molar-refractivity contribution in [3.63, 3.8) is 0 Å². The molecule has 5 N–H and O–H groups in total. The fourth-order valence-corrected chi connectivity index (χ4v) is 11.3. The second kappa shape index (κ2) is 8.86. The third kappa shape index (κ3) is 2.86. The Labute approximate surface area is 234 Å². The van der Waals surface area contributed by atoms with E-state index in [0.29, 0.717) is 24.2 Å². The Bertz CT molecular complexity index is 1200. The Balaban J connectivity index is 1.37. The minimum Gasteiger partial charge on any atom is -0.461 e. The van der Waals surface area contributed by atoms with Crippen LogP contribution in [0.1, 0.15) is 36.0 Å². The molecule has 1 aromatic carbocycles. The van der Waals surface area contributed by atoms with Gasteiger partial charge in [-0.3, -0.25) is 0 Å². The number of hydrogen-bond acceptors (Lipinski definition) is 10. The number of piperidine rings is 1. The van der Waals surface area contributed by atoms with Crippen LogP contribution in [-0.4, -0.2) is 99.4 Å². The molecule has 0 aromatic heterocycles. The number of methoxy groups -OCH3 is 4. The van der Waals surface area contributed by atoms with E-state index in [1.807, 2.05) is 0 Å². The average Bonchev–Trinajstić information content (AvgIpc) is 3.36. The Morgan fingerprint density at radius 3 is 2.55 bits per heavy atom. The van der Waals surface area contributed by atoms with E-state index < -0.39 is 40.1 Å². The average molecular weight is 559 g/mol. The van der Waals surface area contributed by atoms with Crippen molar-refractivity contribution in [3.05, 3.63) is 29.8 Å². The lowest BCUT2D eigenvalue weighted by atomic mass is 9.43. The van der Waals surface area contributed by atoms with E-state index >= 15 is 0 Å². The molecule has 6 aliphatic rings. The van der Waals surface area contributed by atoms with Gasteiger partial charge >= 0.3 is 5.97 Å². The summed E-state index contributed by atoms with van der Waals surface area (Å²) in [6.45, 7) is 0.672. The number of anilines is 1. The Kier molecular flexibility index (Phi) is 5.99. The molecule has 0 unspecified atom stereocenters. The molecule has 5 aliphatic carbocycles. The highest BCUT2D eigenvalue weighted by atomic mass is 16.5. The predicted octanol–water partition coefficient (Wildman–Crippen LogP) is 0.986.